The maximum absolute atomic E-state index is 14.7. The molecule has 1 aliphatic carbocycles. The van der Waals surface area contributed by atoms with Gasteiger partial charge in [0, 0.05) is 35.2 Å². The molecule has 0 spiro atoms. The molecule has 22 heteroatoms. The van der Waals surface area contributed by atoms with Crippen LogP contribution in [0.2, 0.25) is 0 Å². The maximum Gasteiger partial charge on any atom is 0.277 e. The Morgan fingerprint density at radius 2 is 1.74 bits per heavy atom. The van der Waals surface area contributed by atoms with Crippen LogP contribution in [0.15, 0.2) is 54.0 Å². The number of aliphatic hydroxyl groups is 1. The lowest BCUT2D eigenvalue weighted by Crippen LogP contribution is -2.59. The van der Waals surface area contributed by atoms with Crippen molar-refractivity contribution < 1.29 is 56.2 Å². The summed E-state index contributed by atoms with van der Waals surface area (Å²) in [4.78, 5) is 77.6. The molecular formula is C47H55F4IN8O8S. The van der Waals surface area contributed by atoms with Crippen molar-refractivity contribution in [3.8, 4) is 16.2 Å². The van der Waals surface area contributed by atoms with Crippen molar-refractivity contribution in [1.82, 2.24) is 36.6 Å². The number of hydroxylamine groups is 1. The highest BCUT2D eigenvalue weighted by atomic mass is 127. The fourth-order valence-electron chi connectivity index (χ4n) is 7.36. The number of amides is 5. The molecule has 3 aromatic carbocycles. The van der Waals surface area contributed by atoms with Crippen molar-refractivity contribution in [2.45, 2.75) is 90.2 Å². The van der Waals surface area contributed by atoms with E-state index in [-0.39, 0.29) is 56.8 Å². The van der Waals surface area contributed by atoms with Crippen LogP contribution in [0.5, 0.6) is 5.75 Å². The molecule has 1 saturated carbocycles. The quantitative estimate of drug-likeness (QED) is 0.0219. The van der Waals surface area contributed by atoms with E-state index in [2.05, 4.69) is 37.0 Å². The second-order valence-corrected chi connectivity index (χ2v) is 19.9. The van der Waals surface area contributed by atoms with E-state index in [1.54, 1.807) is 44.5 Å². The summed E-state index contributed by atoms with van der Waals surface area (Å²) >= 11 is 3.33. The van der Waals surface area contributed by atoms with Gasteiger partial charge in [0.05, 0.1) is 45.7 Å². The fraction of sp³-hybridized carbons (Fsp3) is 0.447. The molecule has 2 heterocycles. The highest BCUT2D eigenvalue weighted by Crippen LogP contribution is 2.41. The van der Waals surface area contributed by atoms with Gasteiger partial charge in [-0.3, -0.25) is 28.8 Å². The first kappa shape index (κ1) is 52.9. The first-order valence-corrected chi connectivity index (χ1v) is 24.2. The molecule has 16 nitrogen and oxygen atoms in total. The molecule has 5 amide bonds. The van der Waals surface area contributed by atoms with E-state index in [0.717, 1.165) is 28.3 Å². The van der Waals surface area contributed by atoms with E-state index in [9.17, 15) is 46.6 Å². The number of anilines is 2. The Morgan fingerprint density at radius 3 is 2.43 bits per heavy atom. The number of aromatic nitrogens is 1. The number of thiazole rings is 1. The van der Waals surface area contributed by atoms with Crippen molar-refractivity contribution in [2.24, 2.45) is 5.41 Å². The van der Waals surface area contributed by atoms with E-state index < -0.39 is 81.9 Å². The Kier molecular flexibility index (Phi) is 18.0. The summed E-state index contributed by atoms with van der Waals surface area (Å²) in [6.45, 7) is 7.89. The summed E-state index contributed by atoms with van der Waals surface area (Å²) in [6.07, 6.45) is 0.110. The second kappa shape index (κ2) is 23.5. The molecule has 69 heavy (non-hydrogen) atoms. The smallest absolute Gasteiger partial charge is 0.277 e. The van der Waals surface area contributed by atoms with Crippen LogP contribution in [-0.4, -0.2) is 108 Å². The number of rotatable bonds is 22. The van der Waals surface area contributed by atoms with Crippen LogP contribution in [-0.2, 0) is 30.6 Å². The van der Waals surface area contributed by atoms with Gasteiger partial charge in [0.15, 0.2) is 23.9 Å². The average Bonchev–Trinajstić information content (AvgIpc) is 3.71. The molecule has 0 bridgehead atoms. The number of β-amino-alcohol motifs (C(OH)–C–C–N with tert-alkyl or cyclic N) is 1. The van der Waals surface area contributed by atoms with Crippen molar-refractivity contribution in [1.29, 1.82) is 0 Å². The van der Waals surface area contributed by atoms with E-state index >= 15 is 0 Å². The molecule has 2 aliphatic rings. The SMILES string of the molecule is Cc1ncsc1-c1ccc(CNC(=O)[C@@H]2C[C@@H](O)CN2C(=O)[C@@H](NC(=O)C2(F)CC2)C(C)(C)C)c(OCC(=O)NCCCNCCCONC(=O)c2ccc(F)c(F)c2Nc2ccc(I)cc2F)c1. The monoisotopic (exact) mass is 1090 g/mol. The predicted molar refractivity (Wildman–Crippen MR) is 258 cm³/mol. The Bertz CT molecular complexity index is 2530. The summed E-state index contributed by atoms with van der Waals surface area (Å²) in [7, 11) is 0. The number of nitrogens with one attached hydrogen (secondary N) is 6. The minimum absolute atomic E-state index is 0.0451. The number of nitrogens with zero attached hydrogens (tertiary/aromatic N) is 2. The number of likely N-dealkylation sites (tertiary alicyclic amines) is 1. The summed E-state index contributed by atoms with van der Waals surface area (Å²) < 4.78 is 64.4. The van der Waals surface area contributed by atoms with Gasteiger partial charge in [0.1, 0.15) is 23.7 Å². The van der Waals surface area contributed by atoms with Crippen LogP contribution in [0.3, 0.4) is 0 Å². The third-order valence-electron chi connectivity index (χ3n) is 11.4. The molecular weight excluding hydrogens is 1040 g/mol. The molecule has 1 aliphatic heterocycles. The van der Waals surface area contributed by atoms with Crippen molar-refractivity contribution in [3.05, 3.63) is 91.9 Å². The van der Waals surface area contributed by atoms with Crippen LogP contribution < -0.4 is 36.8 Å². The zero-order valence-corrected chi connectivity index (χ0v) is 41.4. The van der Waals surface area contributed by atoms with Gasteiger partial charge in [0.25, 0.3) is 17.7 Å². The third kappa shape index (κ3) is 14.1. The zero-order valence-electron chi connectivity index (χ0n) is 38.4. The molecule has 2 fully saturated rings. The number of carbonyl (C=O) groups is 5. The standard InChI is InChI=1S/C47H55F4IN8O8S/c1-26-40(69-25-56-26)27-7-8-28(22-55-43(64)35-21-30(61)23-60(35)44(65)41(46(2,3)4)58-45(66)47(51)13-14-47)36(19-27)67-24-37(62)54-17-5-15-53-16-6-18-68-59-42(63)31-10-11-32(48)38(50)39(31)57-34-12-9-29(52)20-33(34)49/h7-12,19-20,25,30,35,41,53,57,61H,5-6,13-18,21-24H2,1-4H3,(H,54,62)(H,55,64)(H,58,66)(H,59,63)/t30-,35+,41-/m1/s1. The molecule has 1 aromatic heterocycles. The van der Waals surface area contributed by atoms with Gasteiger partial charge in [-0.25, -0.2) is 28.0 Å². The first-order chi connectivity index (χ1) is 32.7. The second-order valence-electron chi connectivity index (χ2n) is 17.8. The molecule has 1 saturated heterocycles. The Morgan fingerprint density at radius 1 is 0.986 bits per heavy atom. The average molecular weight is 1090 g/mol. The summed E-state index contributed by atoms with van der Waals surface area (Å²) in [5.41, 5.74) is 2.18. The number of alkyl halides is 1. The van der Waals surface area contributed by atoms with Crippen LogP contribution in [0.1, 0.15) is 74.5 Å². The third-order valence-corrected chi connectivity index (χ3v) is 13.0. The van der Waals surface area contributed by atoms with Gasteiger partial charge < -0.3 is 41.3 Å². The highest BCUT2D eigenvalue weighted by molar-refractivity contribution is 14.1. The number of aliphatic hydroxyl groups excluding tert-OH is 1. The van der Waals surface area contributed by atoms with Crippen LogP contribution in [0, 0.1) is 33.4 Å². The van der Waals surface area contributed by atoms with Crippen LogP contribution in [0.25, 0.3) is 10.4 Å². The van der Waals surface area contributed by atoms with E-state index in [1.165, 1.54) is 28.4 Å². The molecule has 7 N–H and O–H groups in total. The molecule has 4 aromatic rings. The Labute approximate surface area is 414 Å². The van der Waals surface area contributed by atoms with Gasteiger partial charge in [-0.2, -0.15) is 0 Å². The van der Waals surface area contributed by atoms with E-state index in [1.807, 2.05) is 35.6 Å². The fourth-order valence-corrected chi connectivity index (χ4v) is 8.62. The minimum atomic E-state index is -2.01. The Hall–Kier alpha value is -5.43. The van der Waals surface area contributed by atoms with Crippen LogP contribution >= 0.6 is 33.9 Å². The number of ether oxygens (including phenoxy) is 1. The maximum atomic E-state index is 14.7. The van der Waals surface area contributed by atoms with Crippen molar-refractivity contribution in [3.63, 3.8) is 0 Å². The molecule has 0 unspecified atom stereocenters. The number of aryl methyl sites for hydroxylation is 1. The largest absolute Gasteiger partial charge is 0.483 e. The number of halogens is 5. The lowest BCUT2D eigenvalue weighted by Gasteiger charge is -2.35. The normalized spacial score (nSPS) is 16.6. The van der Waals surface area contributed by atoms with Crippen molar-refractivity contribution in [2.75, 3.05) is 44.7 Å². The zero-order chi connectivity index (χ0) is 50.0. The predicted octanol–water partition coefficient (Wildman–Crippen LogP) is 5.72. The van der Waals surface area contributed by atoms with Crippen LogP contribution in [0.4, 0.5) is 28.9 Å². The minimum Gasteiger partial charge on any atom is -0.483 e. The molecule has 0 radical (unpaired) electrons. The number of hydrogen-bond donors (Lipinski definition) is 7. The van der Waals surface area contributed by atoms with Gasteiger partial charge in [-0.05, 0) is 116 Å². The lowest BCUT2D eigenvalue weighted by atomic mass is 9.85. The summed E-state index contributed by atoms with van der Waals surface area (Å²) in [6, 6.07) is 9.07. The summed E-state index contributed by atoms with van der Waals surface area (Å²) in [5.74, 6) is -6.27. The number of benzene rings is 3. The summed E-state index contributed by atoms with van der Waals surface area (Å²) in [5, 5.41) is 24.4. The van der Waals surface area contributed by atoms with E-state index in [0.29, 0.717) is 47.4 Å². The molecule has 372 valence electrons. The topological polar surface area (TPSA) is 212 Å². The number of carbonyl (C=O) groups excluding carboxylic acids is 5. The first-order valence-electron chi connectivity index (χ1n) is 22.3. The lowest BCUT2D eigenvalue weighted by molar-refractivity contribution is -0.145. The molecule has 6 rings (SSSR count). The molecule has 3 atom stereocenters. The van der Waals surface area contributed by atoms with E-state index in [4.69, 9.17) is 9.57 Å². The highest BCUT2D eigenvalue weighted by Gasteiger charge is 2.53. The number of hydrogen-bond acceptors (Lipinski definition) is 12. The van der Waals surface area contributed by atoms with Gasteiger partial charge in [-0.15, -0.1) is 11.3 Å². The Balaban J connectivity index is 0.940. The van der Waals surface area contributed by atoms with Gasteiger partial charge >= 0.3 is 0 Å². The van der Waals surface area contributed by atoms with Gasteiger partial charge in [-0.1, -0.05) is 32.9 Å². The van der Waals surface area contributed by atoms with Gasteiger partial charge in [0.2, 0.25) is 11.8 Å². The van der Waals surface area contributed by atoms with Crippen molar-refractivity contribution >= 4 is 74.8 Å².